The lowest BCUT2D eigenvalue weighted by molar-refractivity contribution is 0.473. The number of nitrogens with zero attached hydrogens (tertiary/aromatic N) is 1. The van der Waals surface area contributed by atoms with E-state index >= 15 is 0 Å². The van der Waals surface area contributed by atoms with Crippen LogP contribution in [0, 0.1) is 0 Å². The number of nitrogens with one attached hydrogen (secondary N) is 2. The number of phenols is 1. The van der Waals surface area contributed by atoms with Gasteiger partial charge in [0, 0.05) is 5.75 Å². The molecule has 0 aliphatic heterocycles. The van der Waals surface area contributed by atoms with Gasteiger partial charge in [0.05, 0.1) is 11.3 Å². The van der Waals surface area contributed by atoms with E-state index in [0.29, 0.717) is 15.7 Å². The molecule has 0 bridgehead atoms. The largest absolute Gasteiger partial charge is 0.507 e. The Morgan fingerprint density at radius 1 is 0.852 bits per heavy atom. The minimum atomic E-state index is 0.143. The van der Waals surface area contributed by atoms with E-state index in [0.717, 1.165) is 11.4 Å². The van der Waals surface area contributed by atoms with E-state index in [1.807, 2.05) is 54.6 Å². The van der Waals surface area contributed by atoms with Crippen LogP contribution in [0.4, 0.5) is 5.69 Å². The molecule has 0 radical (unpaired) electrons. The summed E-state index contributed by atoms with van der Waals surface area (Å²) in [5, 5.41) is 10.2. The summed E-state index contributed by atoms with van der Waals surface area (Å²) in [5.41, 5.74) is 8.60. The van der Waals surface area contributed by atoms with Crippen molar-refractivity contribution in [3.05, 3.63) is 96.1 Å². The summed E-state index contributed by atoms with van der Waals surface area (Å²) in [4.78, 5) is 4.59. The summed E-state index contributed by atoms with van der Waals surface area (Å²) in [6.45, 7) is 0. The van der Waals surface area contributed by atoms with Gasteiger partial charge in [-0.1, -0.05) is 84.6 Å². The highest BCUT2D eigenvalue weighted by Gasteiger charge is 2.09. The van der Waals surface area contributed by atoms with Crippen molar-refractivity contribution in [2.75, 3.05) is 0 Å². The molecule has 0 aromatic heterocycles. The highest BCUT2D eigenvalue weighted by Crippen LogP contribution is 2.19. The third-order valence-corrected chi connectivity index (χ3v) is 4.95. The number of hydrogen-bond donors (Lipinski definition) is 3. The van der Waals surface area contributed by atoms with Crippen molar-refractivity contribution >= 4 is 39.8 Å². The Morgan fingerprint density at radius 3 is 2.19 bits per heavy atom. The SMILES string of the molecule is Oc1ccccc1C(=Nc1ccccc1)NNC(=S)SCc1ccccc1. The van der Waals surface area contributed by atoms with Crippen LogP contribution in [0.2, 0.25) is 0 Å². The monoisotopic (exact) mass is 393 g/mol. The second-order valence-electron chi connectivity index (χ2n) is 5.62. The van der Waals surface area contributed by atoms with Gasteiger partial charge in [-0.3, -0.25) is 10.9 Å². The van der Waals surface area contributed by atoms with Crippen LogP contribution in [0.3, 0.4) is 0 Å². The molecule has 0 unspecified atom stereocenters. The van der Waals surface area contributed by atoms with Gasteiger partial charge < -0.3 is 5.11 Å². The van der Waals surface area contributed by atoms with Crippen molar-refractivity contribution in [3.63, 3.8) is 0 Å². The van der Waals surface area contributed by atoms with Crippen molar-refractivity contribution < 1.29 is 5.11 Å². The Hall–Kier alpha value is -2.83. The van der Waals surface area contributed by atoms with Crippen LogP contribution in [-0.2, 0) is 5.75 Å². The second-order valence-corrected chi connectivity index (χ2v) is 7.28. The summed E-state index contributed by atoms with van der Waals surface area (Å²) in [6, 6.07) is 26.7. The number of aromatic hydroxyl groups is 1. The molecule has 4 nitrogen and oxygen atoms in total. The van der Waals surface area contributed by atoms with Gasteiger partial charge >= 0.3 is 0 Å². The fourth-order valence-corrected chi connectivity index (χ4v) is 3.17. The van der Waals surface area contributed by atoms with Gasteiger partial charge in [0.25, 0.3) is 0 Å². The zero-order valence-electron chi connectivity index (χ0n) is 14.5. The second kappa shape index (κ2) is 9.75. The maximum atomic E-state index is 10.2. The Morgan fingerprint density at radius 2 is 1.48 bits per heavy atom. The average molecular weight is 394 g/mol. The van der Waals surface area contributed by atoms with Crippen LogP contribution < -0.4 is 10.9 Å². The lowest BCUT2D eigenvalue weighted by Gasteiger charge is -2.14. The Bertz CT molecular complexity index is 915. The van der Waals surface area contributed by atoms with Crippen molar-refractivity contribution in [1.29, 1.82) is 0 Å². The molecule has 0 fully saturated rings. The first-order valence-electron chi connectivity index (χ1n) is 8.37. The summed E-state index contributed by atoms with van der Waals surface area (Å²) < 4.78 is 0.593. The molecular weight excluding hydrogens is 374 g/mol. The van der Waals surface area contributed by atoms with Crippen LogP contribution >= 0.6 is 24.0 Å². The quantitative estimate of drug-likeness (QED) is 0.258. The topological polar surface area (TPSA) is 56.7 Å². The van der Waals surface area contributed by atoms with Crippen LogP contribution in [-0.4, -0.2) is 15.3 Å². The lowest BCUT2D eigenvalue weighted by Crippen LogP contribution is -2.40. The molecule has 0 heterocycles. The van der Waals surface area contributed by atoms with Crippen LogP contribution in [0.25, 0.3) is 0 Å². The number of thioether (sulfide) groups is 1. The van der Waals surface area contributed by atoms with Crippen LogP contribution in [0.15, 0.2) is 89.9 Å². The lowest BCUT2D eigenvalue weighted by atomic mass is 10.2. The van der Waals surface area contributed by atoms with E-state index in [2.05, 4.69) is 28.0 Å². The minimum absolute atomic E-state index is 0.143. The number of thiocarbonyl (C=S) groups is 1. The number of rotatable bonds is 4. The average Bonchev–Trinajstić information content (AvgIpc) is 2.71. The standard InChI is InChI=1S/C21H19N3OS2/c25-19-14-8-7-13-18(19)20(22-17-11-5-2-6-12-17)23-24-21(26)27-15-16-9-3-1-4-10-16/h1-14,25H,15H2,(H,22,23)(H,24,26). The molecule has 0 spiro atoms. The zero-order valence-corrected chi connectivity index (χ0v) is 16.1. The van der Waals surface area contributed by atoms with Gasteiger partial charge in [-0.05, 0) is 29.8 Å². The van der Waals surface area contributed by atoms with Crippen LogP contribution in [0.5, 0.6) is 5.75 Å². The Labute approximate surface area is 168 Å². The Kier molecular flexibility index (Phi) is 6.84. The number of amidine groups is 1. The molecule has 3 aromatic carbocycles. The van der Waals surface area contributed by atoms with E-state index in [9.17, 15) is 5.11 Å². The predicted octanol–water partition coefficient (Wildman–Crippen LogP) is 4.78. The molecule has 0 aliphatic rings. The summed E-state index contributed by atoms with van der Waals surface area (Å²) >= 11 is 6.91. The van der Waals surface area contributed by atoms with Gasteiger partial charge in [0.2, 0.25) is 0 Å². The van der Waals surface area contributed by atoms with E-state index in [-0.39, 0.29) is 5.75 Å². The normalized spacial score (nSPS) is 11.0. The highest BCUT2D eigenvalue weighted by molar-refractivity contribution is 8.22. The molecule has 0 atom stereocenters. The number of benzene rings is 3. The zero-order chi connectivity index (χ0) is 18.9. The predicted molar refractivity (Wildman–Crippen MR) is 117 cm³/mol. The molecule has 6 heteroatoms. The van der Waals surface area contributed by atoms with Gasteiger partial charge in [0.15, 0.2) is 10.2 Å². The summed E-state index contributed by atoms with van der Waals surface area (Å²) in [5.74, 6) is 1.40. The molecule has 136 valence electrons. The van der Waals surface area contributed by atoms with Gasteiger partial charge in [0.1, 0.15) is 5.75 Å². The molecule has 3 aromatic rings. The third kappa shape index (κ3) is 5.84. The van der Waals surface area contributed by atoms with E-state index in [1.54, 1.807) is 18.2 Å². The molecule has 0 amide bonds. The third-order valence-electron chi connectivity index (χ3n) is 3.65. The molecule has 0 saturated heterocycles. The van der Waals surface area contributed by atoms with Gasteiger partial charge in [-0.15, -0.1) is 0 Å². The summed E-state index contributed by atoms with van der Waals surface area (Å²) in [6.07, 6.45) is 0. The Balaban J connectivity index is 1.69. The van der Waals surface area contributed by atoms with Gasteiger partial charge in [-0.25, -0.2) is 4.99 Å². The van der Waals surface area contributed by atoms with E-state index < -0.39 is 0 Å². The van der Waals surface area contributed by atoms with Crippen molar-refractivity contribution in [2.24, 2.45) is 4.99 Å². The molecular formula is C21H19N3OS2. The molecule has 0 saturated carbocycles. The maximum Gasteiger partial charge on any atom is 0.156 e. The maximum absolute atomic E-state index is 10.2. The fraction of sp³-hybridized carbons (Fsp3) is 0.0476. The molecule has 0 aliphatic carbocycles. The van der Waals surface area contributed by atoms with Crippen molar-refractivity contribution in [3.8, 4) is 5.75 Å². The fourth-order valence-electron chi connectivity index (χ4n) is 2.33. The van der Waals surface area contributed by atoms with Crippen molar-refractivity contribution in [2.45, 2.75) is 5.75 Å². The smallest absolute Gasteiger partial charge is 0.156 e. The number of para-hydroxylation sites is 2. The number of hydrogen-bond acceptors (Lipinski definition) is 4. The number of phenolic OH excluding ortho intramolecular Hbond substituents is 1. The van der Waals surface area contributed by atoms with Crippen LogP contribution in [0.1, 0.15) is 11.1 Å². The highest BCUT2D eigenvalue weighted by atomic mass is 32.2. The molecule has 3 N–H and O–H groups in total. The first-order valence-corrected chi connectivity index (χ1v) is 9.76. The van der Waals surface area contributed by atoms with E-state index in [1.165, 1.54) is 17.3 Å². The van der Waals surface area contributed by atoms with Crippen molar-refractivity contribution in [1.82, 2.24) is 10.9 Å². The molecule has 3 rings (SSSR count). The number of hydrazine groups is 1. The number of aliphatic imine (C=N–C) groups is 1. The van der Waals surface area contributed by atoms with E-state index in [4.69, 9.17) is 12.2 Å². The summed E-state index contributed by atoms with van der Waals surface area (Å²) in [7, 11) is 0. The molecule has 27 heavy (non-hydrogen) atoms. The first-order chi connectivity index (χ1) is 13.2. The van der Waals surface area contributed by atoms with Gasteiger partial charge in [-0.2, -0.15) is 0 Å². The minimum Gasteiger partial charge on any atom is -0.507 e. The first kappa shape index (κ1) is 18.9.